The van der Waals surface area contributed by atoms with Crippen molar-refractivity contribution >= 4 is 42.0 Å². The molecular formula is C22H26ClN3O6. The molecule has 2 N–H and O–H groups in total. The zero-order valence-electron chi connectivity index (χ0n) is 17.5. The van der Waals surface area contributed by atoms with Crippen LogP contribution in [-0.4, -0.2) is 70.2 Å². The zero-order chi connectivity index (χ0) is 22.1. The number of hydrogen-bond acceptors (Lipinski definition) is 6. The molecular weight excluding hydrogens is 438 g/mol. The Bertz CT molecular complexity index is 957. The number of likely N-dealkylation sites (tertiary alicyclic amines) is 1. The molecule has 4 rings (SSSR count). The minimum atomic E-state index is -0.956. The van der Waals surface area contributed by atoms with Crippen LogP contribution in [0.25, 0.3) is 0 Å². The molecule has 4 amide bonds. The molecule has 9 nitrogen and oxygen atoms in total. The van der Waals surface area contributed by atoms with Gasteiger partial charge >= 0.3 is 5.97 Å². The van der Waals surface area contributed by atoms with Gasteiger partial charge in [0.05, 0.1) is 11.1 Å². The van der Waals surface area contributed by atoms with E-state index in [1.165, 1.54) is 0 Å². The number of carboxylic acid groups (broad SMARTS) is 1. The maximum absolute atomic E-state index is 13.0. The molecule has 3 heterocycles. The van der Waals surface area contributed by atoms with Crippen molar-refractivity contribution in [1.82, 2.24) is 15.1 Å². The summed E-state index contributed by atoms with van der Waals surface area (Å²) in [6, 6.07) is 4.35. The predicted octanol–water partition coefficient (Wildman–Crippen LogP) is 1.55. The topological polar surface area (TPSA) is 124 Å². The second kappa shape index (κ2) is 9.79. The number of amides is 4. The lowest BCUT2D eigenvalue weighted by atomic mass is 9.87. The highest BCUT2D eigenvalue weighted by atomic mass is 35.5. The molecule has 0 bridgehead atoms. The summed E-state index contributed by atoms with van der Waals surface area (Å²) < 4.78 is 0. The summed E-state index contributed by atoms with van der Waals surface area (Å²) in [5, 5.41) is 11.0. The van der Waals surface area contributed by atoms with Gasteiger partial charge in [0.1, 0.15) is 6.04 Å². The van der Waals surface area contributed by atoms with Gasteiger partial charge in [0, 0.05) is 12.8 Å². The summed E-state index contributed by atoms with van der Waals surface area (Å²) in [7, 11) is 0. The summed E-state index contributed by atoms with van der Waals surface area (Å²) in [4.78, 5) is 63.3. The van der Waals surface area contributed by atoms with Crippen LogP contribution in [0.5, 0.6) is 0 Å². The fourth-order valence-electron chi connectivity index (χ4n) is 4.69. The van der Waals surface area contributed by atoms with Gasteiger partial charge in [0.25, 0.3) is 11.8 Å². The van der Waals surface area contributed by atoms with Crippen molar-refractivity contribution in [2.45, 2.75) is 50.5 Å². The Morgan fingerprint density at radius 3 is 2.38 bits per heavy atom. The van der Waals surface area contributed by atoms with E-state index in [1.54, 1.807) is 12.1 Å². The van der Waals surface area contributed by atoms with Gasteiger partial charge in [-0.25, -0.2) is 0 Å². The number of aliphatic carboxylic acids is 1. The van der Waals surface area contributed by atoms with Gasteiger partial charge in [-0.1, -0.05) is 6.07 Å². The Kier molecular flexibility index (Phi) is 7.30. The lowest BCUT2D eigenvalue weighted by molar-refractivity contribution is -0.138. The lowest BCUT2D eigenvalue weighted by Gasteiger charge is -2.32. The second-order valence-electron chi connectivity index (χ2n) is 8.37. The summed E-state index contributed by atoms with van der Waals surface area (Å²) in [6.07, 6.45) is 2.83. The first-order valence-corrected chi connectivity index (χ1v) is 10.6. The number of rotatable bonds is 6. The first-order chi connectivity index (χ1) is 14.8. The van der Waals surface area contributed by atoms with Crippen LogP contribution in [0.3, 0.4) is 0 Å². The number of imide groups is 2. The smallest absolute Gasteiger partial charge is 0.303 e. The molecule has 1 aromatic carbocycles. The van der Waals surface area contributed by atoms with Crippen molar-refractivity contribution in [3.8, 4) is 0 Å². The highest BCUT2D eigenvalue weighted by Gasteiger charge is 2.44. The van der Waals surface area contributed by atoms with Crippen molar-refractivity contribution in [2.75, 3.05) is 19.6 Å². The maximum Gasteiger partial charge on any atom is 0.303 e. The van der Waals surface area contributed by atoms with E-state index in [4.69, 9.17) is 5.11 Å². The van der Waals surface area contributed by atoms with Gasteiger partial charge in [0.15, 0.2) is 0 Å². The molecule has 1 unspecified atom stereocenters. The molecule has 0 radical (unpaired) electrons. The van der Waals surface area contributed by atoms with Gasteiger partial charge in [-0.05, 0) is 68.9 Å². The quantitative estimate of drug-likeness (QED) is 0.613. The number of nitrogens with one attached hydrogen (secondary N) is 1. The molecule has 32 heavy (non-hydrogen) atoms. The Hall–Kier alpha value is -2.78. The van der Waals surface area contributed by atoms with E-state index in [-0.39, 0.29) is 37.6 Å². The van der Waals surface area contributed by atoms with E-state index < -0.39 is 35.6 Å². The van der Waals surface area contributed by atoms with Crippen molar-refractivity contribution in [3.63, 3.8) is 0 Å². The van der Waals surface area contributed by atoms with E-state index in [1.807, 2.05) is 6.07 Å². The van der Waals surface area contributed by atoms with Crippen LogP contribution in [0.4, 0.5) is 0 Å². The zero-order valence-corrected chi connectivity index (χ0v) is 18.4. The van der Waals surface area contributed by atoms with Crippen molar-refractivity contribution in [1.29, 1.82) is 0 Å². The molecule has 3 aliphatic rings. The third-order valence-electron chi connectivity index (χ3n) is 6.39. The molecule has 2 fully saturated rings. The van der Waals surface area contributed by atoms with E-state index in [0.29, 0.717) is 17.5 Å². The minimum absolute atomic E-state index is 0. The van der Waals surface area contributed by atoms with E-state index in [0.717, 1.165) is 42.9 Å². The van der Waals surface area contributed by atoms with E-state index in [9.17, 15) is 24.0 Å². The Morgan fingerprint density at radius 1 is 1.03 bits per heavy atom. The molecule has 1 atom stereocenters. The molecule has 0 spiro atoms. The first-order valence-electron chi connectivity index (χ1n) is 10.6. The second-order valence-corrected chi connectivity index (χ2v) is 8.37. The van der Waals surface area contributed by atoms with Crippen LogP contribution in [0.1, 0.15) is 70.7 Å². The number of halogens is 1. The average Bonchev–Trinajstić information content (AvgIpc) is 2.98. The number of carboxylic acids is 1. The third kappa shape index (κ3) is 4.68. The van der Waals surface area contributed by atoms with Crippen LogP contribution in [0.15, 0.2) is 18.2 Å². The number of benzene rings is 1. The molecule has 2 saturated heterocycles. The number of fused-ring (bicyclic) bond motifs is 1. The molecule has 0 saturated carbocycles. The summed E-state index contributed by atoms with van der Waals surface area (Å²) >= 11 is 0. The van der Waals surface area contributed by atoms with Gasteiger partial charge in [-0.2, -0.15) is 0 Å². The van der Waals surface area contributed by atoms with Gasteiger partial charge in [0.2, 0.25) is 11.8 Å². The normalized spacial score (nSPS) is 21.9. The van der Waals surface area contributed by atoms with Gasteiger partial charge in [-0.3, -0.25) is 34.2 Å². The largest absolute Gasteiger partial charge is 0.481 e. The summed E-state index contributed by atoms with van der Waals surface area (Å²) in [5.41, 5.74) is 1.61. The van der Waals surface area contributed by atoms with E-state index in [2.05, 4.69) is 10.2 Å². The van der Waals surface area contributed by atoms with E-state index >= 15 is 0 Å². The highest BCUT2D eigenvalue weighted by Crippen LogP contribution is 2.33. The first kappa shape index (κ1) is 23.9. The fourth-order valence-corrected chi connectivity index (χ4v) is 4.69. The van der Waals surface area contributed by atoms with Crippen LogP contribution in [0, 0.1) is 0 Å². The van der Waals surface area contributed by atoms with Crippen molar-refractivity contribution in [2.24, 2.45) is 0 Å². The molecule has 3 aliphatic heterocycles. The van der Waals surface area contributed by atoms with Crippen LogP contribution in [0.2, 0.25) is 0 Å². The molecule has 0 aromatic heterocycles. The maximum atomic E-state index is 13.0. The molecule has 10 heteroatoms. The SMILES string of the molecule is Cl.O=C(O)CCCN1CCC(c2ccc3c(c2)C(=O)N(C2CCC(=O)NC2=O)C3=O)CC1. The Balaban J connectivity index is 0.00000289. The van der Waals surface area contributed by atoms with Crippen molar-refractivity contribution < 1.29 is 29.1 Å². The standard InChI is InChI=1S/C22H25N3O6.ClH/c26-18-6-5-17(20(29)23-18)25-21(30)15-4-3-14(12-16(15)22(25)31)13-7-10-24(11-8-13)9-1-2-19(27)28;/h3-4,12-13,17H,1-2,5-11H2,(H,27,28)(H,23,26,29);1H. The summed E-state index contributed by atoms with van der Waals surface area (Å²) in [6.45, 7) is 2.48. The number of hydrogen-bond donors (Lipinski definition) is 2. The number of carbonyl (C=O) groups excluding carboxylic acids is 4. The third-order valence-corrected chi connectivity index (χ3v) is 6.39. The van der Waals surface area contributed by atoms with Gasteiger partial charge < -0.3 is 10.0 Å². The Labute approximate surface area is 191 Å². The lowest BCUT2D eigenvalue weighted by Crippen LogP contribution is -2.54. The number of piperidine rings is 2. The predicted molar refractivity (Wildman–Crippen MR) is 116 cm³/mol. The molecule has 1 aromatic rings. The highest BCUT2D eigenvalue weighted by molar-refractivity contribution is 6.23. The minimum Gasteiger partial charge on any atom is -0.481 e. The fraction of sp³-hybridized carbons (Fsp3) is 0.500. The van der Waals surface area contributed by atoms with Crippen LogP contribution >= 0.6 is 12.4 Å². The van der Waals surface area contributed by atoms with Crippen molar-refractivity contribution in [3.05, 3.63) is 34.9 Å². The molecule has 172 valence electrons. The summed E-state index contributed by atoms with van der Waals surface area (Å²) in [5.74, 6) is -2.50. The number of carbonyl (C=O) groups is 5. The molecule has 0 aliphatic carbocycles. The Morgan fingerprint density at radius 2 is 1.72 bits per heavy atom. The number of nitrogens with zero attached hydrogens (tertiary/aromatic N) is 2. The van der Waals surface area contributed by atoms with Gasteiger partial charge in [-0.15, -0.1) is 12.4 Å². The monoisotopic (exact) mass is 463 g/mol. The van der Waals surface area contributed by atoms with Crippen LogP contribution in [-0.2, 0) is 14.4 Å². The average molecular weight is 464 g/mol. The van der Waals surface area contributed by atoms with Crippen LogP contribution < -0.4 is 5.32 Å².